The van der Waals surface area contributed by atoms with Crippen molar-refractivity contribution in [3.8, 4) is 5.75 Å². The number of nitrogens with one attached hydrogen (secondary N) is 1. The summed E-state index contributed by atoms with van der Waals surface area (Å²) >= 11 is 6.12. The normalized spacial score (nSPS) is 21.6. The Balaban J connectivity index is 1.77. The zero-order chi connectivity index (χ0) is 18.2. The van der Waals surface area contributed by atoms with Crippen molar-refractivity contribution in [1.29, 1.82) is 0 Å². The van der Waals surface area contributed by atoms with E-state index in [1.165, 1.54) is 7.11 Å². The molecule has 0 aromatic heterocycles. The average molecular weight is 365 g/mol. The minimum Gasteiger partial charge on any atom is -0.495 e. The van der Waals surface area contributed by atoms with Gasteiger partial charge >= 0.3 is 0 Å². The molecule has 1 saturated heterocycles. The maximum absolute atomic E-state index is 12.9. The van der Waals surface area contributed by atoms with Crippen molar-refractivity contribution in [2.24, 2.45) is 11.3 Å². The monoisotopic (exact) mass is 364 g/mol. The summed E-state index contributed by atoms with van der Waals surface area (Å²) in [7, 11) is 1.53. The number of ether oxygens (including phenoxy) is 1. The van der Waals surface area contributed by atoms with Gasteiger partial charge < -0.3 is 15.0 Å². The molecule has 1 aromatic carbocycles. The van der Waals surface area contributed by atoms with Crippen LogP contribution in [0.15, 0.2) is 12.1 Å². The van der Waals surface area contributed by atoms with Crippen LogP contribution in [0.2, 0.25) is 5.02 Å². The van der Waals surface area contributed by atoms with Crippen LogP contribution in [0.4, 0.5) is 5.69 Å². The Bertz CT molecular complexity index is 700. The van der Waals surface area contributed by atoms with Gasteiger partial charge in [-0.05, 0) is 50.2 Å². The summed E-state index contributed by atoms with van der Waals surface area (Å²) in [6.07, 6.45) is 3.37. The lowest BCUT2D eigenvalue weighted by Crippen LogP contribution is -2.46. The van der Waals surface area contributed by atoms with Gasteiger partial charge in [0.25, 0.3) is 0 Å². The minimum atomic E-state index is -0.907. The van der Waals surface area contributed by atoms with Crippen molar-refractivity contribution < 1.29 is 14.3 Å². The molecule has 1 unspecified atom stereocenters. The number of halogens is 1. The van der Waals surface area contributed by atoms with Crippen LogP contribution in [0.5, 0.6) is 5.75 Å². The SMILES string of the molecule is COc1cc(Cl)c(C)cc1NC(=O)C1(C(=O)N2CCCC(C)C2)CC1. The zero-order valence-electron chi connectivity index (χ0n) is 15.0. The molecular weight excluding hydrogens is 340 g/mol. The average Bonchev–Trinajstić information content (AvgIpc) is 3.39. The third kappa shape index (κ3) is 3.47. The quantitative estimate of drug-likeness (QED) is 0.830. The second-order valence-corrected chi connectivity index (χ2v) is 7.74. The Morgan fingerprint density at radius 3 is 2.68 bits per heavy atom. The predicted molar refractivity (Wildman–Crippen MR) is 98.0 cm³/mol. The summed E-state index contributed by atoms with van der Waals surface area (Å²) in [6.45, 7) is 5.52. The highest BCUT2D eigenvalue weighted by atomic mass is 35.5. The Labute approximate surface area is 153 Å². The van der Waals surface area contributed by atoms with Gasteiger partial charge in [-0.1, -0.05) is 18.5 Å². The van der Waals surface area contributed by atoms with Crippen molar-refractivity contribution in [3.63, 3.8) is 0 Å². The molecule has 1 saturated carbocycles. The van der Waals surface area contributed by atoms with Crippen molar-refractivity contribution in [1.82, 2.24) is 4.90 Å². The summed E-state index contributed by atoms with van der Waals surface area (Å²) in [5, 5.41) is 3.47. The second kappa shape index (κ2) is 6.87. The molecule has 1 aliphatic heterocycles. The van der Waals surface area contributed by atoms with Crippen LogP contribution in [-0.2, 0) is 9.59 Å². The minimum absolute atomic E-state index is 0.0267. The number of likely N-dealkylation sites (tertiary alicyclic amines) is 1. The standard InChI is InChI=1S/C19H25ClN2O3/c1-12-5-4-8-22(11-12)18(24)19(6-7-19)17(23)21-15-9-13(2)14(20)10-16(15)25-3/h9-10,12H,4-8,11H2,1-3H3,(H,21,23). The van der Waals surface area contributed by atoms with Gasteiger partial charge in [-0.25, -0.2) is 0 Å². The van der Waals surface area contributed by atoms with E-state index in [1.54, 1.807) is 12.1 Å². The van der Waals surface area contributed by atoms with E-state index in [0.717, 1.165) is 31.5 Å². The molecule has 3 rings (SSSR count). The molecule has 1 N–H and O–H groups in total. The Morgan fingerprint density at radius 1 is 1.36 bits per heavy atom. The fraction of sp³-hybridized carbons (Fsp3) is 0.579. The Morgan fingerprint density at radius 2 is 2.08 bits per heavy atom. The molecule has 1 aliphatic carbocycles. The van der Waals surface area contributed by atoms with Crippen LogP contribution in [0.3, 0.4) is 0 Å². The predicted octanol–water partition coefficient (Wildman–Crippen LogP) is 3.63. The molecule has 5 nitrogen and oxygen atoms in total. The van der Waals surface area contributed by atoms with E-state index in [0.29, 0.717) is 35.2 Å². The number of anilines is 1. The molecule has 25 heavy (non-hydrogen) atoms. The number of methoxy groups -OCH3 is 1. The van der Waals surface area contributed by atoms with Gasteiger partial charge in [-0.15, -0.1) is 0 Å². The van der Waals surface area contributed by atoms with Crippen LogP contribution < -0.4 is 10.1 Å². The Kier molecular flexibility index (Phi) is 4.96. The first-order chi connectivity index (χ1) is 11.9. The molecule has 0 spiro atoms. The van der Waals surface area contributed by atoms with E-state index in [4.69, 9.17) is 16.3 Å². The number of piperidine rings is 1. The first-order valence-electron chi connectivity index (χ1n) is 8.82. The number of rotatable bonds is 4. The summed E-state index contributed by atoms with van der Waals surface area (Å²) in [4.78, 5) is 27.7. The van der Waals surface area contributed by atoms with Crippen molar-refractivity contribution >= 4 is 29.1 Å². The topological polar surface area (TPSA) is 58.6 Å². The number of hydrogen-bond donors (Lipinski definition) is 1. The van der Waals surface area contributed by atoms with Crippen LogP contribution in [0, 0.1) is 18.3 Å². The van der Waals surface area contributed by atoms with Gasteiger partial charge in [-0.3, -0.25) is 9.59 Å². The maximum Gasteiger partial charge on any atom is 0.240 e. The number of benzene rings is 1. The molecule has 136 valence electrons. The number of hydrogen-bond acceptors (Lipinski definition) is 3. The van der Waals surface area contributed by atoms with Gasteiger partial charge in [0.2, 0.25) is 11.8 Å². The zero-order valence-corrected chi connectivity index (χ0v) is 15.8. The van der Waals surface area contributed by atoms with Crippen molar-refractivity contribution in [2.75, 3.05) is 25.5 Å². The summed E-state index contributed by atoms with van der Waals surface area (Å²) < 4.78 is 5.31. The summed E-state index contributed by atoms with van der Waals surface area (Å²) in [6, 6.07) is 3.46. The number of nitrogens with zero attached hydrogens (tertiary/aromatic N) is 1. The largest absolute Gasteiger partial charge is 0.495 e. The fourth-order valence-electron chi connectivity index (χ4n) is 3.51. The van der Waals surface area contributed by atoms with E-state index in [-0.39, 0.29) is 11.8 Å². The van der Waals surface area contributed by atoms with Crippen LogP contribution in [0.25, 0.3) is 0 Å². The van der Waals surface area contributed by atoms with E-state index < -0.39 is 5.41 Å². The van der Waals surface area contributed by atoms with Gasteiger partial charge in [0.05, 0.1) is 12.8 Å². The van der Waals surface area contributed by atoms with Crippen molar-refractivity contribution in [2.45, 2.75) is 39.5 Å². The lowest BCUT2D eigenvalue weighted by Gasteiger charge is -2.33. The first kappa shape index (κ1) is 18.1. The first-order valence-corrected chi connectivity index (χ1v) is 9.20. The molecule has 2 fully saturated rings. The molecule has 1 aromatic rings. The highest BCUT2D eigenvalue weighted by molar-refractivity contribution is 6.31. The van der Waals surface area contributed by atoms with Gasteiger partial charge in [0.15, 0.2) is 0 Å². The van der Waals surface area contributed by atoms with Crippen molar-refractivity contribution in [3.05, 3.63) is 22.7 Å². The molecule has 0 bridgehead atoms. The molecular formula is C19H25ClN2O3. The molecule has 6 heteroatoms. The van der Waals surface area contributed by atoms with E-state index in [9.17, 15) is 9.59 Å². The second-order valence-electron chi connectivity index (χ2n) is 7.34. The van der Waals surface area contributed by atoms with E-state index in [2.05, 4.69) is 12.2 Å². The van der Waals surface area contributed by atoms with Gasteiger partial charge in [-0.2, -0.15) is 0 Å². The smallest absolute Gasteiger partial charge is 0.240 e. The highest BCUT2D eigenvalue weighted by Crippen LogP contribution is 2.49. The number of aryl methyl sites for hydroxylation is 1. The third-order valence-corrected chi connectivity index (χ3v) is 5.67. The molecule has 1 atom stereocenters. The molecule has 2 amide bonds. The number of amides is 2. The van der Waals surface area contributed by atoms with Crippen LogP contribution in [0.1, 0.15) is 38.2 Å². The van der Waals surface area contributed by atoms with E-state index in [1.807, 2.05) is 11.8 Å². The Hall–Kier alpha value is -1.75. The van der Waals surface area contributed by atoms with Crippen LogP contribution in [-0.4, -0.2) is 36.9 Å². The molecule has 0 radical (unpaired) electrons. The maximum atomic E-state index is 12.9. The highest BCUT2D eigenvalue weighted by Gasteiger charge is 2.58. The third-order valence-electron chi connectivity index (χ3n) is 5.27. The summed E-state index contributed by atoms with van der Waals surface area (Å²) in [5.41, 5.74) is 0.495. The molecule has 2 aliphatic rings. The van der Waals surface area contributed by atoms with Crippen LogP contribution >= 0.6 is 11.6 Å². The fourth-order valence-corrected chi connectivity index (χ4v) is 3.67. The van der Waals surface area contributed by atoms with Gasteiger partial charge in [0.1, 0.15) is 11.2 Å². The summed E-state index contributed by atoms with van der Waals surface area (Å²) in [5.74, 6) is 0.728. The number of carbonyl (C=O) groups is 2. The molecule has 1 heterocycles. The van der Waals surface area contributed by atoms with Gasteiger partial charge in [0, 0.05) is 24.2 Å². The number of carbonyl (C=O) groups excluding carboxylic acids is 2. The lowest BCUT2D eigenvalue weighted by atomic mass is 9.96. The van der Waals surface area contributed by atoms with E-state index >= 15 is 0 Å². The lowest BCUT2D eigenvalue weighted by molar-refractivity contribution is -0.143.